The van der Waals surface area contributed by atoms with E-state index in [-0.39, 0.29) is 23.8 Å². The molecular formula is C24H28F3N3O3. The smallest absolute Gasteiger partial charge is 0.416 e. The second-order valence-electron chi connectivity index (χ2n) is 8.74. The second-order valence-corrected chi connectivity index (χ2v) is 8.74. The molecule has 1 heterocycles. The highest BCUT2D eigenvalue weighted by atomic mass is 19.4. The Morgan fingerprint density at radius 1 is 1.15 bits per heavy atom. The zero-order valence-corrected chi connectivity index (χ0v) is 18.8. The fraction of sp³-hybridized carbons (Fsp3) is 0.417. The number of carbonyl (C=O) groups is 2. The van der Waals surface area contributed by atoms with Gasteiger partial charge in [-0.25, -0.2) is 0 Å². The van der Waals surface area contributed by atoms with Crippen molar-refractivity contribution < 1.29 is 27.5 Å². The summed E-state index contributed by atoms with van der Waals surface area (Å²) in [5.41, 5.74) is 4.87. The van der Waals surface area contributed by atoms with Crippen LogP contribution in [0.3, 0.4) is 0 Å². The van der Waals surface area contributed by atoms with Crippen LogP contribution in [-0.4, -0.2) is 41.4 Å². The minimum atomic E-state index is -4.43. The molecule has 0 bridgehead atoms. The average molecular weight is 464 g/mol. The van der Waals surface area contributed by atoms with E-state index in [0.29, 0.717) is 25.1 Å². The maximum Gasteiger partial charge on any atom is 0.416 e. The lowest BCUT2D eigenvalue weighted by molar-refractivity contribution is -0.137. The van der Waals surface area contributed by atoms with Gasteiger partial charge in [0.25, 0.3) is 0 Å². The van der Waals surface area contributed by atoms with Gasteiger partial charge >= 0.3 is 6.18 Å². The number of nitrogens with zero attached hydrogens (tertiary/aromatic N) is 1. The summed E-state index contributed by atoms with van der Waals surface area (Å²) in [5, 5.41) is 2.99. The predicted octanol–water partition coefficient (Wildman–Crippen LogP) is 3.91. The Morgan fingerprint density at radius 2 is 1.82 bits per heavy atom. The predicted molar refractivity (Wildman–Crippen MR) is 118 cm³/mol. The van der Waals surface area contributed by atoms with Gasteiger partial charge in [0.2, 0.25) is 11.8 Å². The Bertz CT molecular complexity index is 1010. The lowest BCUT2D eigenvalue weighted by atomic mass is 10.00. The summed E-state index contributed by atoms with van der Waals surface area (Å²) < 4.78 is 44.6. The van der Waals surface area contributed by atoms with Gasteiger partial charge in [-0.15, -0.1) is 0 Å². The molecule has 33 heavy (non-hydrogen) atoms. The Balaban J connectivity index is 1.60. The molecule has 6 nitrogen and oxygen atoms in total. The van der Waals surface area contributed by atoms with E-state index in [1.807, 2.05) is 11.8 Å². The number of hydrogen-bond donors (Lipinski definition) is 2. The number of hydrogen-bond acceptors (Lipinski definition) is 4. The molecule has 0 aliphatic carbocycles. The zero-order chi connectivity index (χ0) is 24.4. The van der Waals surface area contributed by atoms with Gasteiger partial charge in [0, 0.05) is 18.7 Å². The number of amides is 2. The van der Waals surface area contributed by atoms with Crippen molar-refractivity contribution in [2.24, 2.45) is 5.73 Å². The molecule has 1 aliphatic heterocycles. The highest BCUT2D eigenvalue weighted by Crippen LogP contribution is 2.32. The van der Waals surface area contributed by atoms with Crippen LogP contribution in [0.2, 0.25) is 0 Å². The van der Waals surface area contributed by atoms with Crippen molar-refractivity contribution >= 4 is 11.8 Å². The van der Waals surface area contributed by atoms with Gasteiger partial charge in [-0.2, -0.15) is 13.2 Å². The molecule has 1 aliphatic rings. The topological polar surface area (TPSA) is 84.7 Å². The summed E-state index contributed by atoms with van der Waals surface area (Å²) in [7, 11) is 0. The molecule has 0 aromatic heterocycles. The standard InChI is InChI=1S/C24H28F3N3O3/c1-15(16-7-9-17(10-8-16)21(28)31)29-22(32)23(2,3)30-12-11-20(14-30)33-19-6-4-5-18(13-19)24(25,26)27/h4-10,13,15,20H,11-12,14H2,1-3H3,(H2,28,31)(H,29,32)/t15-,20+/m0/s1. The summed E-state index contributed by atoms with van der Waals surface area (Å²) >= 11 is 0. The normalized spacial score (nSPS) is 18.1. The highest BCUT2D eigenvalue weighted by molar-refractivity contribution is 5.92. The Labute approximate surface area is 190 Å². The molecule has 2 aromatic rings. The maximum absolute atomic E-state index is 13.0. The molecular weight excluding hydrogens is 435 g/mol. The van der Waals surface area contributed by atoms with Crippen molar-refractivity contribution in [3.8, 4) is 5.75 Å². The van der Waals surface area contributed by atoms with E-state index in [2.05, 4.69) is 5.32 Å². The minimum absolute atomic E-state index is 0.159. The van der Waals surface area contributed by atoms with Gasteiger partial charge in [-0.1, -0.05) is 18.2 Å². The molecule has 0 unspecified atom stereocenters. The molecule has 9 heteroatoms. The van der Waals surface area contributed by atoms with Gasteiger partial charge in [0.15, 0.2) is 0 Å². The number of benzene rings is 2. The first kappa shape index (κ1) is 24.6. The van der Waals surface area contributed by atoms with Crippen molar-refractivity contribution in [1.82, 2.24) is 10.2 Å². The molecule has 2 amide bonds. The summed E-state index contributed by atoms with van der Waals surface area (Å²) in [6.07, 6.45) is -4.16. The molecule has 2 aromatic carbocycles. The van der Waals surface area contributed by atoms with Crippen LogP contribution in [0.4, 0.5) is 13.2 Å². The number of primary amides is 1. The van der Waals surface area contributed by atoms with Gasteiger partial charge in [-0.3, -0.25) is 14.5 Å². The van der Waals surface area contributed by atoms with Gasteiger partial charge in [-0.05, 0) is 63.1 Å². The number of rotatable bonds is 7. The van der Waals surface area contributed by atoms with E-state index in [1.54, 1.807) is 38.1 Å². The third-order valence-corrected chi connectivity index (χ3v) is 6.00. The summed E-state index contributed by atoms with van der Waals surface area (Å²) in [5.74, 6) is -0.545. The van der Waals surface area contributed by atoms with E-state index in [1.165, 1.54) is 12.1 Å². The molecule has 1 fully saturated rings. The SMILES string of the molecule is C[C@H](NC(=O)C(C)(C)N1CC[C@@H](Oc2cccc(C(F)(F)F)c2)C1)c1ccc(C(N)=O)cc1. The fourth-order valence-corrected chi connectivity index (χ4v) is 3.81. The first-order valence-electron chi connectivity index (χ1n) is 10.7. The van der Waals surface area contributed by atoms with Crippen molar-refractivity contribution in [3.05, 3.63) is 65.2 Å². The Hall–Kier alpha value is -3.07. The van der Waals surface area contributed by atoms with Crippen molar-refractivity contribution in [3.63, 3.8) is 0 Å². The van der Waals surface area contributed by atoms with Crippen LogP contribution in [0.1, 0.15) is 54.7 Å². The van der Waals surface area contributed by atoms with Crippen LogP contribution in [0, 0.1) is 0 Å². The van der Waals surface area contributed by atoms with Gasteiger partial charge in [0.05, 0.1) is 17.1 Å². The van der Waals surface area contributed by atoms with Crippen LogP contribution in [-0.2, 0) is 11.0 Å². The summed E-state index contributed by atoms with van der Waals surface area (Å²) in [6, 6.07) is 11.2. The van der Waals surface area contributed by atoms with Gasteiger partial charge < -0.3 is 15.8 Å². The molecule has 0 spiro atoms. The average Bonchev–Trinajstić information content (AvgIpc) is 3.22. The Morgan fingerprint density at radius 3 is 2.42 bits per heavy atom. The van der Waals surface area contributed by atoms with Gasteiger partial charge in [0.1, 0.15) is 11.9 Å². The van der Waals surface area contributed by atoms with Crippen LogP contribution in [0.15, 0.2) is 48.5 Å². The monoisotopic (exact) mass is 463 g/mol. The number of carbonyl (C=O) groups excluding carboxylic acids is 2. The third kappa shape index (κ3) is 5.84. The van der Waals surface area contributed by atoms with E-state index >= 15 is 0 Å². The van der Waals surface area contributed by atoms with Crippen molar-refractivity contribution in [2.45, 2.75) is 51.1 Å². The first-order valence-corrected chi connectivity index (χ1v) is 10.7. The molecule has 178 valence electrons. The molecule has 2 atom stereocenters. The first-order chi connectivity index (χ1) is 15.4. The van der Waals surface area contributed by atoms with Crippen LogP contribution >= 0.6 is 0 Å². The van der Waals surface area contributed by atoms with Crippen molar-refractivity contribution in [1.29, 1.82) is 0 Å². The molecule has 1 saturated heterocycles. The third-order valence-electron chi connectivity index (χ3n) is 6.00. The van der Waals surface area contributed by atoms with Crippen LogP contribution in [0.5, 0.6) is 5.75 Å². The number of alkyl halides is 3. The zero-order valence-electron chi connectivity index (χ0n) is 18.8. The van der Waals surface area contributed by atoms with E-state index in [9.17, 15) is 22.8 Å². The molecule has 0 saturated carbocycles. The lowest BCUT2D eigenvalue weighted by Crippen LogP contribution is -2.54. The largest absolute Gasteiger partial charge is 0.489 e. The molecule has 0 radical (unpaired) electrons. The maximum atomic E-state index is 13.0. The number of nitrogens with one attached hydrogen (secondary N) is 1. The second kappa shape index (κ2) is 9.43. The van der Waals surface area contributed by atoms with Crippen LogP contribution < -0.4 is 15.8 Å². The highest BCUT2D eigenvalue weighted by Gasteiger charge is 2.40. The molecule has 3 N–H and O–H groups in total. The fourth-order valence-electron chi connectivity index (χ4n) is 3.81. The summed E-state index contributed by atoms with van der Waals surface area (Å²) in [4.78, 5) is 26.2. The minimum Gasteiger partial charge on any atom is -0.489 e. The Kier molecular flexibility index (Phi) is 7.02. The quantitative estimate of drug-likeness (QED) is 0.652. The number of nitrogens with two attached hydrogens (primary N) is 1. The van der Waals surface area contributed by atoms with Crippen LogP contribution in [0.25, 0.3) is 0 Å². The molecule has 3 rings (SSSR count). The van der Waals surface area contributed by atoms with E-state index < -0.39 is 23.2 Å². The van der Waals surface area contributed by atoms with Crippen molar-refractivity contribution in [2.75, 3.05) is 13.1 Å². The lowest BCUT2D eigenvalue weighted by Gasteiger charge is -2.35. The number of ether oxygens (including phenoxy) is 1. The van der Waals surface area contributed by atoms with E-state index in [4.69, 9.17) is 10.5 Å². The summed E-state index contributed by atoms with van der Waals surface area (Å²) in [6.45, 7) is 6.44. The number of halogens is 3. The van der Waals surface area contributed by atoms with E-state index in [0.717, 1.165) is 17.7 Å². The number of likely N-dealkylation sites (tertiary alicyclic amines) is 1.